The highest BCUT2D eigenvalue weighted by Crippen LogP contribution is 2.46. The Labute approximate surface area is 268 Å². The van der Waals surface area contributed by atoms with Crippen molar-refractivity contribution < 1.29 is 4.42 Å². The van der Waals surface area contributed by atoms with Crippen molar-refractivity contribution in [1.29, 1.82) is 0 Å². The van der Waals surface area contributed by atoms with Crippen LogP contribution in [-0.2, 0) is 12.8 Å². The van der Waals surface area contributed by atoms with Gasteiger partial charge in [-0.05, 0) is 92.9 Å². The predicted molar refractivity (Wildman–Crippen MR) is 196 cm³/mol. The van der Waals surface area contributed by atoms with Gasteiger partial charge in [0.2, 0.25) is 0 Å². The Morgan fingerprint density at radius 2 is 1.17 bits per heavy atom. The third-order valence-corrected chi connectivity index (χ3v) is 9.79. The zero-order chi connectivity index (χ0) is 30.8. The first-order valence-electron chi connectivity index (χ1n) is 16.3. The van der Waals surface area contributed by atoms with Gasteiger partial charge in [0.1, 0.15) is 11.2 Å². The highest BCUT2D eigenvalue weighted by molar-refractivity contribution is 6.27. The van der Waals surface area contributed by atoms with E-state index in [2.05, 4.69) is 146 Å². The molecule has 0 saturated heterocycles. The molecule has 0 unspecified atom stereocenters. The molecule has 0 spiro atoms. The lowest BCUT2D eigenvalue weighted by Crippen LogP contribution is -2.11. The van der Waals surface area contributed by atoms with Gasteiger partial charge in [-0.1, -0.05) is 117 Å². The Morgan fingerprint density at radius 1 is 0.500 bits per heavy atom. The molecular formula is C44H33NO. The lowest BCUT2D eigenvalue weighted by Gasteiger charge is -2.29. The molecule has 9 aromatic rings. The molecule has 2 heteroatoms. The Morgan fingerprint density at radius 3 is 2.00 bits per heavy atom. The molecule has 0 atom stereocenters. The average Bonchev–Trinajstić information content (AvgIpc) is 3.51. The van der Waals surface area contributed by atoms with E-state index in [1.54, 1.807) is 0 Å². The van der Waals surface area contributed by atoms with Gasteiger partial charge in [0.25, 0.3) is 0 Å². The topological polar surface area (TPSA) is 16.4 Å². The second kappa shape index (κ2) is 10.5. The summed E-state index contributed by atoms with van der Waals surface area (Å²) in [6.07, 6.45) is 1.98. The van der Waals surface area contributed by atoms with Gasteiger partial charge >= 0.3 is 0 Å². The van der Waals surface area contributed by atoms with E-state index in [0.717, 1.165) is 57.3 Å². The van der Waals surface area contributed by atoms with E-state index in [-0.39, 0.29) is 0 Å². The molecule has 0 aliphatic heterocycles. The van der Waals surface area contributed by atoms with Crippen LogP contribution in [0.2, 0.25) is 0 Å². The summed E-state index contributed by atoms with van der Waals surface area (Å²) in [5.41, 5.74) is 10.3. The summed E-state index contributed by atoms with van der Waals surface area (Å²) in [4.78, 5) is 2.43. The fourth-order valence-corrected chi connectivity index (χ4v) is 7.56. The average molecular weight is 592 g/mol. The standard InChI is InChI=1S/C44H33NO/c1-3-28-17-18-31-21-24-35-29(4-2)27-40(39-26-25-34(28)42(31)43(35)39)45(32-11-6-5-7-12-32)33-22-19-30(20-23-33)36-14-10-15-38-37-13-8-9-16-41(37)46-44(36)38/h5-27H,3-4H2,1-2H3. The number of rotatable bonds is 6. The van der Waals surface area contributed by atoms with Crippen LogP contribution in [0.1, 0.15) is 25.0 Å². The van der Waals surface area contributed by atoms with Gasteiger partial charge in [-0.25, -0.2) is 0 Å². The maximum absolute atomic E-state index is 6.39. The summed E-state index contributed by atoms with van der Waals surface area (Å²) in [6, 6.07) is 50.8. The van der Waals surface area contributed by atoms with E-state index in [1.165, 1.54) is 49.1 Å². The molecular weight excluding hydrogens is 558 g/mol. The van der Waals surface area contributed by atoms with Crippen molar-refractivity contribution in [2.75, 3.05) is 4.90 Å². The van der Waals surface area contributed by atoms with Crippen molar-refractivity contribution in [2.45, 2.75) is 26.7 Å². The summed E-state index contributed by atoms with van der Waals surface area (Å²) in [7, 11) is 0. The molecule has 2 nitrogen and oxygen atoms in total. The van der Waals surface area contributed by atoms with Gasteiger partial charge < -0.3 is 9.32 Å². The minimum Gasteiger partial charge on any atom is -0.455 e. The highest BCUT2D eigenvalue weighted by atomic mass is 16.3. The van der Waals surface area contributed by atoms with Crippen molar-refractivity contribution in [3.8, 4) is 11.1 Å². The monoisotopic (exact) mass is 591 g/mol. The number of para-hydroxylation sites is 3. The molecule has 0 radical (unpaired) electrons. The summed E-state index contributed by atoms with van der Waals surface area (Å²) in [5, 5.41) is 10.4. The van der Waals surface area contributed by atoms with E-state index < -0.39 is 0 Å². The molecule has 0 aliphatic carbocycles. The smallest absolute Gasteiger partial charge is 0.143 e. The zero-order valence-corrected chi connectivity index (χ0v) is 26.0. The third-order valence-electron chi connectivity index (χ3n) is 9.79. The first-order valence-corrected chi connectivity index (χ1v) is 16.3. The van der Waals surface area contributed by atoms with Crippen molar-refractivity contribution in [3.05, 3.63) is 151 Å². The van der Waals surface area contributed by atoms with E-state index in [0.29, 0.717) is 0 Å². The molecule has 0 amide bonds. The number of aryl methyl sites for hydroxylation is 2. The van der Waals surface area contributed by atoms with E-state index in [9.17, 15) is 0 Å². The number of anilines is 3. The minimum absolute atomic E-state index is 0.920. The molecule has 0 aliphatic rings. The predicted octanol–water partition coefficient (Wildman–Crippen LogP) is 12.7. The first kappa shape index (κ1) is 26.8. The number of nitrogens with zero attached hydrogens (tertiary/aromatic N) is 1. The quantitative estimate of drug-likeness (QED) is 0.179. The fraction of sp³-hybridized carbons (Fsp3) is 0.0909. The summed E-state index contributed by atoms with van der Waals surface area (Å²) in [5.74, 6) is 0. The summed E-state index contributed by atoms with van der Waals surface area (Å²) in [6.45, 7) is 4.53. The van der Waals surface area contributed by atoms with Gasteiger partial charge in [0.05, 0.1) is 5.69 Å². The van der Waals surface area contributed by atoms with Crippen LogP contribution in [-0.4, -0.2) is 0 Å². The van der Waals surface area contributed by atoms with Gasteiger partial charge in [-0.3, -0.25) is 0 Å². The number of fused-ring (bicyclic) bond motifs is 3. The highest BCUT2D eigenvalue weighted by Gasteiger charge is 2.21. The van der Waals surface area contributed by atoms with Gasteiger partial charge in [-0.15, -0.1) is 0 Å². The molecule has 0 N–H and O–H groups in total. The van der Waals surface area contributed by atoms with Gasteiger partial charge in [0, 0.05) is 33.1 Å². The van der Waals surface area contributed by atoms with Crippen LogP contribution in [0.3, 0.4) is 0 Å². The van der Waals surface area contributed by atoms with Crippen LogP contribution < -0.4 is 4.90 Å². The van der Waals surface area contributed by atoms with Crippen LogP contribution in [0.4, 0.5) is 17.1 Å². The zero-order valence-electron chi connectivity index (χ0n) is 26.0. The van der Waals surface area contributed by atoms with Crippen molar-refractivity contribution in [3.63, 3.8) is 0 Å². The van der Waals surface area contributed by atoms with Gasteiger partial charge in [0.15, 0.2) is 0 Å². The second-order valence-electron chi connectivity index (χ2n) is 12.2. The lowest BCUT2D eigenvalue weighted by molar-refractivity contribution is 0.670. The fourth-order valence-electron chi connectivity index (χ4n) is 7.56. The normalized spacial score (nSPS) is 11.9. The van der Waals surface area contributed by atoms with Crippen LogP contribution >= 0.6 is 0 Å². The first-order chi connectivity index (χ1) is 22.7. The van der Waals surface area contributed by atoms with Crippen molar-refractivity contribution in [2.24, 2.45) is 0 Å². The number of hydrogen-bond acceptors (Lipinski definition) is 2. The molecule has 9 rings (SSSR count). The molecule has 0 fully saturated rings. The summed E-state index contributed by atoms with van der Waals surface area (Å²) < 4.78 is 6.39. The van der Waals surface area contributed by atoms with E-state index >= 15 is 0 Å². The molecule has 1 heterocycles. The Balaban J connectivity index is 1.26. The molecule has 0 bridgehead atoms. The second-order valence-corrected chi connectivity index (χ2v) is 12.2. The maximum atomic E-state index is 6.39. The van der Waals surface area contributed by atoms with Crippen LogP contribution in [0.15, 0.2) is 144 Å². The van der Waals surface area contributed by atoms with Crippen molar-refractivity contribution >= 4 is 71.3 Å². The SMILES string of the molecule is CCc1ccc2ccc3c(CC)cc(N(c4ccccc4)c4ccc(-c5cccc6c5oc5ccccc56)cc4)c4ccc1c2c34. The molecule has 1 aromatic heterocycles. The molecule has 46 heavy (non-hydrogen) atoms. The van der Waals surface area contributed by atoms with E-state index in [4.69, 9.17) is 4.42 Å². The Hall–Kier alpha value is -5.60. The summed E-state index contributed by atoms with van der Waals surface area (Å²) >= 11 is 0. The van der Waals surface area contributed by atoms with Crippen molar-refractivity contribution in [1.82, 2.24) is 0 Å². The van der Waals surface area contributed by atoms with Crippen LogP contribution in [0.25, 0.3) is 65.4 Å². The molecule has 0 saturated carbocycles. The maximum Gasteiger partial charge on any atom is 0.143 e. The molecule has 8 aromatic carbocycles. The van der Waals surface area contributed by atoms with E-state index in [1.807, 2.05) is 12.1 Å². The largest absolute Gasteiger partial charge is 0.455 e. The third kappa shape index (κ3) is 3.96. The van der Waals surface area contributed by atoms with Crippen LogP contribution in [0.5, 0.6) is 0 Å². The number of furan rings is 1. The Kier molecular flexibility index (Phi) is 6.11. The lowest BCUT2D eigenvalue weighted by atomic mass is 9.88. The number of benzene rings is 8. The van der Waals surface area contributed by atoms with Gasteiger partial charge in [-0.2, -0.15) is 0 Å². The van der Waals surface area contributed by atoms with Crippen LogP contribution in [0, 0.1) is 0 Å². The number of hydrogen-bond donors (Lipinski definition) is 0. The minimum atomic E-state index is 0.920. The Bertz CT molecular complexity index is 2540. The molecule has 220 valence electrons.